The van der Waals surface area contributed by atoms with Gasteiger partial charge >= 0.3 is 5.76 Å². The molecule has 0 fully saturated rings. The summed E-state index contributed by atoms with van der Waals surface area (Å²) in [5.41, 5.74) is 7.19. The molecule has 0 aliphatic heterocycles. The van der Waals surface area contributed by atoms with E-state index in [1.54, 1.807) is 11.7 Å². The van der Waals surface area contributed by atoms with Crippen LogP contribution in [0.5, 0.6) is 5.75 Å². The highest BCUT2D eigenvalue weighted by Crippen LogP contribution is 2.39. The van der Waals surface area contributed by atoms with E-state index >= 15 is 0 Å². The largest absolute Gasteiger partial charge is 0.496 e. The predicted molar refractivity (Wildman–Crippen MR) is 142 cm³/mol. The summed E-state index contributed by atoms with van der Waals surface area (Å²) in [6.07, 6.45) is 0.526. The van der Waals surface area contributed by atoms with Crippen molar-refractivity contribution < 1.29 is 13.7 Å². The van der Waals surface area contributed by atoms with E-state index in [-0.39, 0.29) is 0 Å². The summed E-state index contributed by atoms with van der Waals surface area (Å²) < 4.78 is 18.8. The van der Waals surface area contributed by atoms with E-state index in [9.17, 15) is 4.79 Å². The molecule has 6 aromatic rings. The number of oxazole rings is 1. The first kappa shape index (κ1) is 22.8. The van der Waals surface area contributed by atoms with E-state index in [0.29, 0.717) is 41.3 Å². The fourth-order valence-corrected chi connectivity index (χ4v) is 4.97. The van der Waals surface area contributed by atoms with Gasteiger partial charge in [0.05, 0.1) is 36.1 Å². The number of aryl methyl sites for hydroxylation is 2. The van der Waals surface area contributed by atoms with E-state index in [1.807, 2.05) is 86.6 Å². The minimum Gasteiger partial charge on any atom is -0.496 e. The van der Waals surface area contributed by atoms with Gasteiger partial charge in [0.2, 0.25) is 0 Å². The molecule has 0 unspecified atom stereocenters. The molecule has 0 N–H and O–H groups in total. The number of pyridine rings is 1. The number of nitrogens with zero attached hydrogens (tertiary/aromatic N) is 3. The molecule has 0 saturated carbocycles. The van der Waals surface area contributed by atoms with Crippen molar-refractivity contribution in [3.63, 3.8) is 0 Å². The molecule has 0 saturated heterocycles. The summed E-state index contributed by atoms with van der Waals surface area (Å²) in [6, 6.07) is 23.8. The van der Waals surface area contributed by atoms with Crippen molar-refractivity contribution >= 4 is 22.0 Å². The highest BCUT2D eigenvalue weighted by Gasteiger charge is 2.23. The molecule has 0 bridgehead atoms. The Morgan fingerprint density at radius 3 is 2.30 bits per heavy atom. The number of benzene rings is 3. The van der Waals surface area contributed by atoms with Gasteiger partial charge in [-0.15, -0.1) is 0 Å². The number of aromatic nitrogens is 3. The highest BCUT2D eigenvalue weighted by atomic mass is 16.5. The molecule has 0 atom stereocenters. The second-order valence-electron chi connectivity index (χ2n) is 9.11. The predicted octanol–water partition coefficient (Wildman–Crippen LogP) is 6.06. The number of fused-ring (bicyclic) bond motifs is 3. The second kappa shape index (κ2) is 9.09. The van der Waals surface area contributed by atoms with Gasteiger partial charge in [-0.1, -0.05) is 65.8 Å². The summed E-state index contributed by atoms with van der Waals surface area (Å²) in [7, 11) is 1.63. The van der Waals surface area contributed by atoms with Gasteiger partial charge in [0.15, 0.2) is 5.58 Å². The van der Waals surface area contributed by atoms with Gasteiger partial charge in [-0.3, -0.25) is 4.57 Å². The average molecular weight is 492 g/mol. The maximum Gasteiger partial charge on any atom is 0.420 e. The van der Waals surface area contributed by atoms with E-state index < -0.39 is 5.76 Å². The molecule has 0 aliphatic rings. The van der Waals surface area contributed by atoms with Crippen molar-refractivity contribution in [2.24, 2.45) is 0 Å². The Balaban J connectivity index is 1.66. The lowest BCUT2D eigenvalue weighted by Gasteiger charge is -2.13. The van der Waals surface area contributed by atoms with Crippen molar-refractivity contribution in [2.75, 3.05) is 7.11 Å². The van der Waals surface area contributed by atoms with Gasteiger partial charge in [0, 0.05) is 17.4 Å². The number of hydrogen-bond acceptors (Lipinski definition) is 6. The van der Waals surface area contributed by atoms with E-state index in [1.165, 1.54) is 0 Å². The van der Waals surface area contributed by atoms with Gasteiger partial charge in [-0.25, -0.2) is 9.78 Å². The quantitative estimate of drug-likeness (QED) is 0.282. The third-order valence-electron chi connectivity index (χ3n) is 6.69. The molecule has 6 rings (SSSR count). The number of rotatable bonds is 6. The SMILES string of the molecule is COc1cc2c(cc1-c1c(C)noc1C)nc(Cc1ccccc1)c1oc(=O)n(Cc3ccccc3)c12. The smallest absolute Gasteiger partial charge is 0.420 e. The fourth-order valence-electron chi connectivity index (χ4n) is 4.97. The van der Waals surface area contributed by atoms with Gasteiger partial charge in [0.25, 0.3) is 0 Å². The first-order chi connectivity index (χ1) is 18.0. The first-order valence-electron chi connectivity index (χ1n) is 12.1. The van der Waals surface area contributed by atoms with Gasteiger partial charge < -0.3 is 13.7 Å². The van der Waals surface area contributed by atoms with Crippen LogP contribution in [-0.2, 0) is 13.0 Å². The molecule has 3 heterocycles. The molecule has 7 heteroatoms. The first-order valence-corrected chi connectivity index (χ1v) is 12.1. The van der Waals surface area contributed by atoms with Gasteiger partial charge in [0.1, 0.15) is 17.0 Å². The van der Waals surface area contributed by atoms with Crippen LogP contribution in [0.1, 0.15) is 28.3 Å². The Morgan fingerprint density at radius 2 is 1.65 bits per heavy atom. The van der Waals surface area contributed by atoms with Gasteiger partial charge in [-0.05, 0) is 37.1 Å². The fraction of sp³-hybridized carbons (Fsp3) is 0.167. The highest BCUT2D eigenvalue weighted by molar-refractivity contribution is 6.05. The van der Waals surface area contributed by atoms with Crippen molar-refractivity contribution in [2.45, 2.75) is 26.8 Å². The van der Waals surface area contributed by atoms with Crippen LogP contribution in [0.3, 0.4) is 0 Å². The Bertz CT molecular complexity index is 1780. The maximum atomic E-state index is 13.2. The van der Waals surface area contributed by atoms with E-state index in [4.69, 9.17) is 18.7 Å². The molecular weight excluding hydrogens is 466 g/mol. The summed E-state index contributed by atoms with van der Waals surface area (Å²) in [4.78, 5) is 18.2. The summed E-state index contributed by atoms with van der Waals surface area (Å²) >= 11 is 0. The zero-order valence-electron chi connectivity index (χ0n) is 20.8. The lowest BCUT2D eigenvalue weighted by Crippen LogP contribution is -2.15. The minimum absolute atomic E-state index is 0.379. The molecule has 3 aromatic heterocycles. The van der Waals surface area contributed by atoms with Crippen LogP contribution >= 0.6 is 0 Å². The van der Waals surface area contributed by atoms with Crippen LogP contribution in [-0.4, -0.2) is 21.8 Å². The minimum atomic E-state index is -0.420. The van der Waals surface area contributed by atoms with Crippen LogP contribution in [0.2, 0.25) is 0 Å². The van der Waals surface area contributed by atoms with Crippen molar-refractivity contribution in [3.05, 3.63) is 112 Å². The molecule has 7 nitrogen and oxygen atoms in total. The van der Waals surface area contributed by atoms with Crippen LogP contribution in [0.25, 0.3) is 33.1 Å². The topological polar surface area (TPSA) is 83.3 Å². The molecule has 0 radical (unpaired) electrons. The standard InChI is InChI=1S/C30H25N3O4/c1-18-27(19(2)37-32-18)23-15-24-22(16-26(23)35-3)28-29(25(31-24)14-20-10-6-4-7-11-20)36-30(34)33(28)17-21-12-8-5-9-13-21/h4-13,15-16H,14,17H2,1-3H3. The van der Waals surface area contributed by atoms with Crippen LogP contribution in [0, 0.1) is 13.8 Å². The Kier molecular flexibility index (Phi) is 5.60. The van der Waals surface area contributed by atoms with E-state index in [2.05, 4.69) is 5.16 Å². The molecule has 0 amide bonds. The van der Waals surface area contributed by atoms with Crippen LogP contribution in [0.15, 0.2) is 86.5 Å². The Morgan fingerprint density at radius 1 is 0.946 bits per heavy atom. The zero-order chi connectivity index (χ0) is 25.5. The lowest BCUT2D eigenvalue weighted by molar-refractivity contribution is 0.393. The number of hydrogen-bond donors (Lipinski definition) is 0. The molecule has 0 spiro atoms. The van der Waals surface area contributed by atoms with Crippen LogP contribution < -0.4 is 10.5 Å². The Labute approximate surface area is 212 Å². The van der Waals surface area contributed by atoms with Crippen molar-refractivity contribution in [1.29, 1.82) is 0 Å². The molecule has 0 aliphatic carbocycles. The number of methoxy groups -OCH3 is 1. The monoisotopic (exact) mass is 491 g/mol. The Hall–Kier alpha value is -4.65. The molecular formula is C30H25N3O4. The van der Waals surface area contributed by atoms with Gasteiger partial charge in [-0.2, -0.15) is 0 Å². The lowest BCUT2D eigenvalue weighted by atomic mass is 9.99. The van der Waals surface area contributed by atoms with Crippen LogP contribution in [0.4, 0.5) is 0 Å². The second-order valence-corrected chi connectivity index (χ2v) is 9.11. The third kappa shape index (κ3) is 3.98. The van der Waals surface area contributed by atoms with Crippen molar-refractivity contribution in [1.82, 2.24) is 14.7 Å². The number of ether oxygens (including phenoxy) is 1. The summed E-state index contributed by atoms with van der Waals surface area (Å²) in [5.74, 6) is 0.919. The van der Waals surface area contributed by atoms with Crippen molar-refractivity contribution in [3.8, 4) is 16.9 Å². The summed E-state index contributed by atoms with van der Waals surface area (Å²) in [5, 5.41) is 4.90. The zero-order valence-corrected chi connectivity index (χ0v) is 20.8. The van der Waals surface area contributed by atoms with E-state index in [0.717, 1.165) is 38.9 Å². The molecule has 184 valence electrons. The summed E-state index contributed by atoms with van der Waals surface area (Å²) in [6.45, 7) is 4.16. The normalized spacial score (nSPS) is 11.4. The maximum absolute atomic E-state index is 13.2. The molecule has 3 aromatic carbocycles. The third-order valence-corrected chi connectivity index (χ3v) is 6.69. The molecule has 37 heavy (non-hydrogen) atoms. The average Bonchev–Trinajstić information content (AvgIpc) is 3.42.